The van der Waals surface area contributed by atoms with Gasteiger partial charge in [-0.15, -0.1) is 10.2 Å². The Hall–Kier alpha value is -3.17. The Morgan fingerprint density at radius 2 is 1.15 bits per heavy atom. The van der Waals surface area contributed by atoms with Crippen molar-refractivity contribution < 1.29 is 9.90 Å². The first-order chi connectivity index (χ1) is 9.56. The van der Waals surface area contributed by atoms with Crippen LogP contribution in [-0.2, 0) is 4.79 Å². The first kappa shape index (κ1) is 22.0. The predicted octanol–water partition coefficient (Wildman–Crippen LogP) is 1.62. The zero-order chi connectivity index (χ0) is 16.1. The number of carbonyl (C=O) groups is 1. The molecule has 0 saturated carbocycles. The number of hydrazone groups is 2. The average Bonchev–Trinajstić information content (AvgIpc) is 2.43. The molecule has 0 fully saturated rings. The molecule has 0 amide bonds. The van der Waals surface area contributed by atoms with Gasteiger partial charge in [-0.25, -0.2) is 11.1 Å². The summed E-state index contributed by atoms with van der Waals surface area (Å²) in [4.78, 5) is 9.00. The predicted molar refractivity (Wildman–Crippen MR) is 75.4 cm³/mol. The second kappa shape index (κ2) is 24.9. The molecule has 10 nitrogen and oxygen atoms in total. The maximum atomic E-state index is 9.00. The van der Waals surface area contributed by atoms with E-state index in [0.29, 0.717) is 0 Å². The minimum Gasteiger partial charge on any atom is -0.481 e. The van der Waals surface area contributed by atoms with Gasteiger partial charge in [0.15, 0.2) is 12.7 Å². The molecule has 10 heteroatoms. The summed E-state index contributed by atoms with van der Waals surface area (Å²) in [7, 11) is 0. The Balaban J connectivity index is -0.000000195. The van der Waals surface area contributed by atoms with Crippen molar-refractivity contribution in [3.05, 3.63) is 36.4 Å². The van der Waals surface area contributed by atoms with Gasteiger partial charge in [-0.2, -0.15) is 10.2 Å². The van der Waals surface area contributed by atoms with Crippen LogP contribution in [0.4, 0.5) is 0 Å². The third-order valence-electron chi connectivity index (χ3n) is 0.915. The van der Waals surface area contributed by atoms with Gasteiger partial charge >= 0.3 is 0 Å². The van der Waals surface area contributed by atoms with Crippen molar-refractivity contribution in [1.82, 2.24) is 0 Å². The lowest BCUT2D eigenvalue weighted by molar-refractivity contribution is -0.134. The molecule has 110 valence electrons. The zero-order valence-electron chi connectivity index (χ0n) is 10.9. The minimum atomic E-state index is -0.833. The van der Waals surface area contributed by atoms with Gasteiger partial charge < -0.3 is 16.8 Å². The Morgan fingerprint density at radius 1 is 0.950 bits per heavy atom. The Kier molecular flexibility index (Phi) is 27.4. The van der Waals surface area contributed by atoms with Gasteiger partial charge in [-0.3, -0.25) is 4.79 Å². The van der Waals surface area contributed by atoms with Gasteiger partial charge in [0.2, 0.25) is 0 Å². The van der Waals surface area contributed by atoms with Crippen molar-refractivity contribution in [2.75, 3.05) is 0 Å². The number of nitrogens with one attached hydrogen (secondary N) is 2. The quantitative estimate of drug-likeness (QED) is 0.181. The fraction of sp³-hybridized carbons (Fsp3) is 0.100. The van der Waals surface area contributed by atoms with Crippen LogP contribution in [0.25, 0.3) is 0 Å². The van der Waals surface area contributed by atoms with Crippen LogP contribution in [0.5, 0.6) is 0 Å². The van der Waals surface area contributed by atoms with Gasteiger partial charge in [-0.05, 0) is 0 Å². The second-order valence-corrected chi connectivity index (χ2v) is 2.46. The van der Waals surface area contributed by atoms with Crippen LogP contribution in [-0.4, -0.2) is 23.8 Å². The van der Waals surface area contributed by atoms with Crippen LogP contribution in [0.3, 0.4) is 0 Å². The molecule has 0 aliphatic carbocycles. The van der Waals surface area contributed by atoms with Crippen LogP contribution in [0.1, 0.15) is 6.92 Å². The number of benzene rings is 1. The maximum Gasteiger partial charge on any atom is 0.300 e. The van der Waals surface area contributed by atoms with Gasteiger partial charge in [0, 0.05) is 6.92 Å². The van der Waals surface area contributed by atoms with E-state index in [-0.39, 0.29) is 0 Å². The molecule has 1 rings (SSSR count). The number of hydrogen-bond acceptors (Lipinski definition) is 7. The molecule has 0 radical (unpaired) electrons. The number of carboxylic acid groups (broad SMARTS) is 1. The van der Waals surface area contributed by atoms with Gasteiger partial charge in [-0.1, -0.05) is 36.4 Å². The molecule has 20 heavy (non-hydrogen) atoms. The molecule has 0 unspecified atom stereocenters. The normalized spacial score (nSPS) is 8.05. The van der Waals surface area contributed by atoms with Crippen molar-refractivity contribution in [1.29, 1.82) is 11.1 Å². The van der Waals surface area contributed by atoms with E-state index < -0.39 is 5.97 Å². The monoisotopic (exact) mass is 282 g/mol. The van der Waals surface area contributed by atoms with Crippen molar-refractivity contribution in [2.45, 2.75) is 6.92 Å². The van der Waals surface area contributed by atoms with Crippen molar-refractivity contribution in [3.63, 3.8) is 0 Å². The smallest absolute Gasteiger partial charge is 0.300 e. The van der Waals surface area contributed by atoms with Gasteiger partial charge in [0.05, 0.1) is 0 Å². The molecular weight excluding hydrogens is 264 g/mol. The van der Waals surface area contributed by atoms with Crippen LogP contribution in [0.15, 0.2) is 56.8 Å². The summed E-state index contributed by atoms with van der Waals surface area (Å²) in [5.41, 5.74) is 12.0. The lowest BCUT2D eigenvalue weighted by Gasteiger charge is -1.69. The summed E-state index contributed by atoms with van der Waals surface area (Å²) in [6.07, 6.45) is 1.89. The molecule has 0 heterocycles. The first-order valence-electron chi connectivity index (χ1n) is 4.92. The van der Waals surface area contributed by atoms with Crippen molar-refractivity contribution in [3.8, 4) is 0 Å². The summed E-state index contributed by atoms with van der Waals surface area (Å²) in [5.74, 6) is 8.16. The zero-order valence-corrected chi connectivity index (χ0v) is 10.9. The molecule has 1 aromatic rings. The largest absolute Gasteiger partial charge is 0.481 e. The summed E-state index contributed by atoms with van der Waals surface area (Å²) in [6, 6.07) is 12.0. The molecule has 0 bridgehead atoms. The number of nitrogens with two attached hydrogens (primary N) is 2. The highest BCUT2D eigenvalue weighted by atomic mass is 16.4. The number of hydrogen-bond donors (Lipinski definition) is 5. The molecule has 0 saturated heterocycles. The van der Waals surface area contributed by atoms with Gasteiger partial charge in [0.1, 0.15) is 0 Å². The third kappa shape index (κ3) is 60.8. The molecule has 0 spiro atoms. The Morgan fingerprint density at radius 3 is 1.20 bits per heavy atom. The summed E-state index contributed by atoms with van der Waals surface area (Å²) in [5, 5.41) is 18.5. The van der Waals surface area contributed by atoms with Crippen LogP contribution in [0, 0.1) is 11.1 Å². The highest BCUT2D eigenvalue weighted by Crippen LogP contribution is 1.79. The molecule has 7 N–H and O–H groups in total. The number of rotatable bonds is 2. The minimum absolute atomic E-state index is 0.833. The SMILES string of the molecule is CC(=O)O.N=NC=NN.N=NC=NN.c1ccccc1. The first-order valence-corrected chi connectivity index (χ1v) is 4.92. The van der Waals surface area contributed by atoms with E-state index in [9.17, 15) is 0 Å². The van der Waals surface area contributed by atoms with E-state index in [1.54, 1.807) is 0 Å². The average molecular weight is 282 g/mol. The van der Waals surface area contributed by atoms with Crippen LogP contribution >= 0.6 is 0 Å². The highest BCUT2D eigenvalue weighted by molar-refractivity contribution is 5.62. The van der Waals surface area contributed by atoms with Crippen molar-refractivity contribution in [2.24, 2.45) is 32.1 Å². The summed E-state index contributed by atoms with van der Waals surface area (Å²) < 4.78 is 0. The van der Waals surface area contributed by atoms with E-state index in [1.807, 2.05) is 36.4 Å². The summed E-state index contributed by atoms with van der Waals surface area (Å²) in [6.45, 7) is 1.08. The molecule has 0 aliphatic rings. The lowest BCUT2D eigenvalue weighted by atomic mass is 10.4. The van der Waals surface area contributed by atoms with E-state index in [2.05, 4.69) is 32.1 Å². The molecule has 0 atom stereocenters. The topological polar surface area (TPSA) is 186 Å². The van der Waals surface area contributed by atoms with Gasteiger partial charge in [0.25, 0.3) is 5.97 Å². The van der Waals surface area contributed by atoms with E-state index in [4.69, 9.17) is 21.0 Å². The summed E-state index contributed by atoms with van der Waals surface area (Å²) >= 11 is 0. The number of aliphatic carboxylic acids is 1. The fourth-order valence-corrected chi connectivity index (χ4v) is 0.452. The Bertz CT molecular complexity index is 333. The molecule has 0 aliphatic heterocycles. The van der Waals surface area contributed by atoms with Crippen LogP contribution < -0.4 is 11.7 Å². The van der Waals surface area contributed by atoms with E-state index in [1.165, 1.54) is 0 Å². The molecule has 0 aromatic heterocycles. The highest BCUT2D eigenvalue weighted by Gasteiger charge is 1.65. The molecule has 1 aromatic carbocycles. The second-order valence-electron chi connectivity index (χ2n) is 2.46. The standard InChI is InChI=1S/C6H6.C2H4O2.2CH4N4/c1-2-4-6-5-3-1;1-2(3)4;2*2-4-1-5-3/h1-6H;1H3,(H,3,4);2*1-2H,3H2. The van der Waals surface area contributed by atoms with Crippen LogP contribution in [0.2, 0.25) is 0 Å². The van der Waals surface area contributed by atoms with E-state index >= 15 is 0 Å². The van der Waals surface area contributed by atoms with E-state index in [0.717, 1.165) is 19.6 Å². The fourth-order valence-electron chi connectivity index (χ4n) is 0.452. The van der Waals surface area contributed by atoms with Crippen molar-refractivity contribution >= 4 is 18.6 Å². The molecular formula is C10H18N8O2. The number of carboxylic acids is 1. The lowest BCUT2D eigenvalue weighted by Crippen LogP contribution is -1.78. The Labute approximate surface area is 116 Å². The third-order valence-corrected chi connectivity index (χ3v) is 0.915. The maximum absolute atomic E-state index is 9.00. The number of nitrogens with zero attached hydrogens (tertiary/aromatic N) is 4.